The minimum atomic E-state index is -1.26. The topological polar surface area (TPSA) is 23.1 Å². The molecule has 0 saturated carbocycles. The Hall–Kier alpha value is -1.32. The summed E-state index contributed by atoms with van der Waals surface area (Å²) in [6, 6.07) is 13.5. The molecule has 0 aliphatic carbocycles. The van der Waals surface area contributed by atoms with E-state index in [1.54, 1.807) is 12.1 Å². The second-order valence-corrected chi connectivity index (χ2v) is 6.98. The fourth-order valence-electron chi connectivity index (χ4n) is 1.77. The molecule has 0 amide bonds. The van der Waals surface area contributed by atoms with Crippen molar-refractivity contribution in [2.75, 3.05) is 0 Å². The molecule has 100 valence electrons. The Morgan fingerprint density at radius 2 is 1.26 bits per heavy atom. The number of rotatable bonds is 2. The zero-order chi connectivity index (χ0) is 14.0. The van der Waals surface area contributed by atoms with Crippen molar-refractivity contribution >= 4 is 11.2 Å². The van der Waals surface area contributed by atoms with Crippen LogP contribution in [0.15, 0.2) is 58.3 Å². The highest BCUT2D eigenvalue weighted by Gasteiger charge is 2.17. The molecule has 0 aromatic heterocycles. The Morgan fingerprint density at radius 3 is 1.68 bits per heavy atom. The molecule has 0 aliphatic rings. The molecule has 1 unspecified atom stereocenters. The van der Waals surface area contributed by atoms with Crippen molar-refractivity contribution in [3.63, 3.8) is 0 Å². The first kappa shape index (κ1) is 14.1. The van der Waals surface area contributed by atoms with E-state index in [9.17, 15) is 8.94 Å². The Kier molecular flexibility index (Phi) is 3.97. The molecule has 2 aromatic rings. The van der Waals surface area contributed by atoms with Crippen LogP contribution in [0.2, 0.25) is 0 Å². The minimum absolute atomic E-state index is 0.0793. The van der Waals surface area contributed by atoms with E-state index >= 15 is 0 Å². The molecule has 1 atom stereocenters. The Labute approximate surface area is 116 Å². The van der Waals surface area contributed by atoms with E-state index < -0.39 is 11.2 Å². The van der Waals surface area contributed by atoms with Crippen molar-refractivity contribution < 1.29 is 8.94 Å². The molecule has 19 heavy (non-hydrogen) atoms. The third kappa shape index (κ3) is 3.37. The zero-order valence-electron chi connectivity index (χ0n) is 11.3. The minimum Gasteiger partial charge on any atom is -0.606 e. The van der Waals surface area contributed by atoms with Crippen LogP contribution >= 0.6 is 0 Å². The van der Waals surface area contributed by atoms with Crippen molar-refractivity contribution in [2.24, 2.45) is 0 Å². The maximum absolute atomic E-state index is 12.8. The summed E-state index contributed by atoms with van der Waals surface area (Å²) >= 11 is -1.26. The fourth-order valence-corrected chi connectivity index (χ4v) is 2.81. The third-order valence-corrected chi connectivity index (χ3v) is 4.36. The molecule has 0 aliphatic heterocycles. The molecule has 0 radical (unpaired) electrons. The van der Waals surface area contributed by atoms with E-state index in [0.717, 1.165) is 4.90 Å². The Morgan fingerprint density at radius 1 is 0.842 bits per heavy atom. The second kappa shape index (κ2) is 5.35. The molecule has 0 N–H and O–H groups in total. The van der Waals surface area contributed by atoms with Crippen molar-refractivity contribution in [3.8, 4) is 0 Å². The average Bonchev–Trinajstić information content (AvgIpc) is 2.38. The average molecular weight is 276 g/mol. The summed E-state index contributed by atoms with van der Waals surface area (Å²) in [6.45, 7) is 6.41. The van der Waals surface area contributed by atoms with Gasteiger partial charge in [0.25, 0.3) is 0 Å². The van der Waals surface area contributed by atoms with Crippen LogP contribution in [-0.2, 0) is 16.6 Å². The number of benzene rings is 2. The van der Waals surface area contributed by atoms with Gasteiger partial charge in [0.1, 0.15) is 5.82 Å². The normalized spacial score (nSPS) is 13.3. The van der Waals surface area contributed by atoms with E-state index in [1.165, 1.54) is 17.7 Å². The van der Waals surface area contributed by atoms with E-state index in [1.807, 2.05) is 24.3 Å². The van der Waals surface area contributed by atoms with Gasteiger partial charge in [-0.25, -0.2) is 4.39 Å². The van der Waals surface area contributed by atoms with Gasteiger partial charge in [0.15, 0.2) is 9.79 Å². The first-order chi connectivity index (χ1) is 8.88. The lowest BCUT2D eigenvalue weighted by Gasteiger charge is -2.19. The molecular weight excluding hydrogens is 259 g/mol. The van der Waals surface area contributed by atoms with E-state index in [-0.39, 0.29) is 11.2 Å². The van der Waals surface area contributed by atoms with Gasteiger partial charge >= 0.3 is 0 Å². The lowest BCUT2D eigenvalue weighted by Crippen LogP contribution is -2.11. The second-order valence-electron chi connectivity index (χ2n) is 5.50. The van der Waals surface area contributed by atoms with Gasteiger partial charge in [-0.15, -0.1) is 0 Å². The Bertz CT molecular complexity index is 540. The van der Waals surface area contributed by atoms with E-state index in [2.05, 4.69) is 20.8 Å². The van der Waals surface area contributed by atoms with Crippen LogP contribution < -0.4 is 0 Å². The van der Waals surface area contributed by atoms with Gasteiger partial charge in [0, 0.05) is 11.2 Å². The van der Waals surface area contributed by atoms with Gasteiger partial charge in [-0.2, -0.15) is 0 Å². The summed E-state index contributed by atoms with van der Waals surface area (Å²) in [5.41, 5.74) is 1.28. The van der Waals surface area contributed by atoms with Crippen molar-refractivity contribution in [2.45, 2.75) is 36.0 Å². The molecule has 0 fully saturated rings. The standard InChI is InChI=1S/C16H17FOS/c1-16(2,3)12-4-8-14(9-5-12)19(18)15-10-6-13(17)7-11-15/h4-11H,1-3H3. The molecule has 0 saturated heterocycles. The molecule has 1 nitrogen and oxygen atoms in total. The maximum atomic E-state index is 12.8. The zero-order valence-corrected chi connectivity index (χ0v) is 12.1. The van der Waals surface area contributed by atoms with Gasteiger partial charge < -0.3 is 4.55 Å². The molecule has 0 heterocycles. The number of hydrogen-bond donors (Lipinski definition) is 0. The van der Waals surface area contributed by atoms with Crippen LogP contribution in [-0.4, -0.2) is 4.55 Å². The molecule has 2 rings (SSSR count). The summed E-state index contributed by atoms with van der Waals surface area (Å²) < 4.78 is 25.1. The summed E-state index contributed by atoms with van der Waals surface area (Å²) in [5.74, 6) is -0.316. The van der Waals surface area contributed by atoms with Gasteiger partial charge in [-0.1, -0.05) is 32.9 Å². The van der Waals surface area contributed by atoms with Gasteiger partial charge in [0.05, 0.1) is 0 Å². The van der Waals surface area contributed by atoms with Crippen LogP contribution in [0.1, 0.15) is 26.3 Å². The lowest BCUT2D eigenvalue weighted by atomic mass is 9.87. The SMILES string of the molecule is CC(C)(C)c1ccc([S+]([O-])c2ccc(F)cc2)cc1. The van der Waals surface area contributed by atoms with E-state index in [4.69, 9.17) is 0 Å². The number of halogens is 1. The number of hydrogen-bond acceptors (Lipinski definition) is 1. The van der Waals surface area contributed by atoms with Crippen LogP contribution in [0.3, 0.4) is 0 Å². The highest BCUT2D eigenvalue weighted by Crippen LogP contribution is 2.26. The monoisotopic (exact) mass is 276 g/mol. The summed E-state index contributed by atoms with van der Waals surface area (Å²) in [6.07, 6.45) is 0. The third-order valence-electron chi connectivity index (χ3n) is 2.96. The molecule has 2 aromatic carbocycles. The lowest BCUT2D eigenvalue weighted by molar-refractivity contribution is 0.586. The summed E-state index contributed by atoms with van der Waals surface area (Å²) in [4.78, 5) is 1.35. The first-order valence-electron chi connectivity index (χ1n) is 6.16. The Balaban J connectivity index is 2.25. The predicted molar refractivity (Wildman–Crippen MR) is 76.2 cm³/mol. The van der Waals surface area contributed by atoms with Crippen LogP contribution in [0.4, 0.5) is 4.39 Å². The van der Waals surface area contributed by atoms with Crippen molar-refractivity contribution in [1.29, 1.82) is 0 Å². The quantitative estimate of drug-likeness (QED) is 0.750. The molecular formula is C16H17FOS. The largest absolute Gasteiger partial charge is 0.606 e. The summed E-state index contributed by atoms with van der Waals surface area (Å²) in [7, 11) is 0. The molecule has 0 bridgehead atoms. The van der Waals surface area contributed by atoms with Crippen LogP contribution in [0.5, 0.6) is 0 Å². The van der Waals surface area contributed by atoms with Crippen LogP contribution in [0, 0.1) is 5.82 Å². The van der Waals surface area contributed by atoms with Crippen LogP contribution in [0.25, 0.3) is 0 Å². The maximum Gasteiger partial charge on any atom is 0.158 e. The molecule has 0 spiro atoms. The van der Waals surface area contributed by atoms with Gasteiger partial charge in [-0.3, -0.25) is 0 Å². The van der Waals surface area contributed by atoms with Crippen molar-refractivity contribution in [3.05, 3.63) is 59.9 Å². The van der Waals surface area contributed by atoms with Gasteiger partial charge in [-0.05, 0) is 47.4 Å². The van der Waals surface area contributed by atoms with E-state index in [0.29, 0.717) is 4.90 Å². The first-order valence-corrected chi connectivity index (χ1v) is 7.31. The molecule has 3 heteroatoms. The smallest absolute Gasteiger partial charge is 0.158 e. The highest BCUT2D eigenvalue weighted by molar-refractivity contribution is 7.91. The highest BCUT2D eigenvalue weighted by atomic mass is 32.2. The van der Waals surface area contributed by atoms with Crippen molar-refractivity contribution in [1.82, 2.24) is 0 Å². The summed E-state index contributed by atoms with van der Waals surface area (Å²) in [5, 5.41) is 0. The predicted octanol–water partition coefficient (Wildman–Crippen LogP) is 4.29. The van der Waals surface area contributed by atoms with Gasteiger partial charge in [0.2, 0.25) is 0 Å². The fraction of sp³-hybridized carbons (Fsp3) is 0.250.